The molecule has 1 aromatic heterocycles. The Balaban J connectivity index is 2.47. The van der Waals surface area contributed by atoms with Crippen LogP contribution in [0, 0.1) is 17.0 Å². The van der Waals surface area contributed by atoms with E-state index in [1.807, 2.05) is 0 Å². The smallest absolute Gasteiger partial charge is 0.324 e. The van der Waals surface area contributed by atoms with E-state index in [1.165, 1.54) is 18.3 Å². The van der Waals surface area contributed by atoms with Gasteiger partial charge in [0.15, 0.2) is 0 Å². The summed E-state index contributed by atoms with van der Waals surface area (Å²) in [5, 5.41) is 11.0. The van der Waals surface area contributed by atoms with Crippen LogP contribution >= 0.6 is 15.9 Å². The third-order valence-electron chi connectivity index (χ3n) is 2.26. The number of hydrogen-bond donors (Lipinski definition) is 1. The Morgan fingerprint density at radius 2 is 2.21 bits per heavy atom. The van der Waals surface area contributed by atoms with E-state index in [2.05, 4.69) is 25.9 Å². The maximum absolute atomic E-state index is 11.0. The van der Waals surface area contributed by atoms with Gasteiger partial charge < -0.3 is 10.5 Å². The summed E-state index contributed by atoms with van der Waals surface area (Å²) in [5.74, 6) is 0.321. The van der Waals surface area contributed by atoms with E-state index in [9.17, 15) is 10.1 Å². The molecule has 0 aliphatic carbocycles. The number of halogens is 1. The number of nitro groups is 1. The lowest BCUT2D eigenvalue weighted by Gasteiger charge is -2.08. The highest BCUT2D eigenvalue weighted by Gasteiger charge is 2.20. The number of aromatic nitrogens is 2. The Kier molecular flexibility index (Phi) is 3.61. The maximum atomic E-state index is 11.0. The molecule has 0 aliphatic rings. The van der Waals surface area contributed by atoms with Crippen molar-refractivity contribution in [2.75, 3.05) is 5.73 Å². The van der Waals surface area contributed by atoms with Crippen molar-refractivity contribution < 1.29 is 9.66 Å². The van der Waals surface area contributed by atoms with Crippen LogP contribution in [-0.4, -0.2) is 14.9 Å². The van der Waals surface area contributed by atoms with Gasteiger partial charge in [0.05, 0.1) is 4.92 Å². The average molecular weight is 325 g/mol. The quantitative estimate of drug-likeness (QED) is 0.687. The largest absolute Gasteiger partial charge is 0.417 e. The van der Waals surface area contributed by atoms with Crippen molar-refractivity contribution in [2.45, 2.75) is 6.92 Å². The molecule has 0 unspecified atom stereocenters. The number of nitrogens with two attached hydrogens (primary N) is 1. The van der Waals surface area contributed by atoms with Gasteiger partial charge in [-0.2, -0.15) is 4.98 Å². The maximum Gasteiger partial charge on any atom is 0.324 e. The fourth-order valence-corrected chi connectivity index (χ4v) is 2.04. The van der Waals surface area contributed by atoms with E-state index < -0.39 is 4.92 Å². The summed E-state index contributed by atoms with van der Waals surface area (Å²) in [7, 11) is 0. The molecular weight excluding hydrogens is 316 g/mol. The molecule has 2 aromatic rings. The number of benzene rings is 1. The molecule has 0 spiro atoms. The second-order valence-corrected chi connectivity index (χ2v) is 4.61. The summed E-state index contributed by atoms with van der Waals surface area (Å²) in [6.07, 6.45) is 1.41. The van der Waals surface area contributed by atoms with Crippen molar-refractivity contribution in [1.82, 2.24) is 9.97 Å². The molecule has 2 N–H and O–H groups in total. The number of rotatable bonds is 3. The first kappa shape index (κ1) is 13.2. The first-order valence-corrected chi connectivity index (χ1v) is 5.97. The Morgan fingerprint density at radius 3 is 2.84 bits per heavy atom. The lowest BCUT2D eigenvalue weighted by Crippen LogP contribution is -2.00. The summed E-state index contributed by atoms with van der Waals surface area (Å²) >= 11 is 3.20. The summed E-state index contributed by atoms with van der Waals surface area (Å²) in [4.78, 5) is 18.2. The number of nitrogens with zero attached hydrogens (tertiary/aromatic N) is 3. The van der Waals surface area contributed by atoms with Crippen molar-refractivity contribution in [1.29, 1.82) is 0 Å². The van der Waals surface area contributed by atoms with Crippen LogP contribution in [0.25, 0.3) is 0 Å². The van der Waals surface area contributed by atoms with Gasteiger partial charge in [-0.25, -0.2) is 4.98 Å². The number of nitrogen functional groups attached to an aromatic ring is 1. The van der Waals surface area contributed by atoms with Gasteiger partial charge in [0.2, 0.25) is 5.75 Å². The molecule has 2 rings (SSSR count). The third kappa shape index (κ3) is 2.97. The molecule has 1 heterocycles. The standard InChI is InChI=1S/C11H9BrN4O3/c1-6-4-7(12)5-8(16(17)18)10(6)19-11-14-3-2-9(13)15-11/h2-5H,1H3,(H2,13,14,15). The third-order valence-corrected chi connectivity index (χ3v) is 2.72. The minimum Gasteiger partial charge on any atom is -0.417 e. The van der Waals surface area contributed by atoms with E-state index in [0.717, 1.165) is 0 Å². The first-order valence-electron chi connectivity index (χ1n) is 5.18. The number of nitro benzene ring substituents is 1. The topological polar surface area (TPSA) is 104 Å². The Bertz CT molecular complexity index is 648. The Labute approximate surface area is 116 Å². The zero-order chi connectivity index (χ0) is 14.0. The van der Waals surface area contributed by atoms with Crippen LogP contribution in [0.2, 0.25) is 0 Å². The zero-order valence-electron chi connectivity index (χ0n) is 9.83. The van der Waals surface area contributed by atoms with Crippen LogP contribution in [0.4, 0.5) is 11.5 Å². The molecule has 0 saturated carbocycles. The second kappa shape index (κ2) is 5.19. The molecular formula is C11H9BrN4O3. The molecule has 0 saturated heterocycles. The molecule has 0 atom stereocenters. The second-order valence-electron chi connectivity index (χ2n) is 3.69. The van der Waals surface area contributed by atoms with Crippen molar-refractivity contribution in [3.63, 3.8) is 0 Å². The van der Waals surface area contributed by atoms with Gasteiger partial charge in [-0.1, -0.05) is 15.9 Å². The van der Waals surface area contributed by atoms with E-state index in [-0.39, 0.29) is 23.3 Å². The minimum absolute atomic E-state index is 0.0338. The molecule has 0 fully saturated rings. The average Bonchev–Trinajstić information content (AvgIpc) is 2.32. The van der Waals surface area contributed by atoms with Gasteiger partial charge in [-0.05, 0) is 19.1 Å². The Hall–Kier alpha value is -2.22. The van der Waals surface area contributed by atoms with Gasteiger partial charge in [-0.15, -0.1) is 0 Å². The molecule has 0 amide bonds. The normalized spacial score (nSPS) is 10.2. The molecule has 0 radical (unpaired) electrons. The van der Waals surface area contributed by atoms with Gasteiger partial charge in [-0.3, -0.25) is 10.1 Å². The number of ether oxygens (including phenoxy) is 1. The molecule has 8 heteroatoms. The van der Waals surface area contributed by atoms with E-state index in [1.54, 1.807) is 13.0 Å². The van der Waals surface area contributed by atoms with Gasteiger partial charge in [0, 0.05) is 22.3 Å². The van der Waals surface area contributed by atoms with E-state index in [0.29, 0.717) is 10.0 Å². The lowest BCUT2D eigenvalue weighted by atomic mass is 10.2. The monoisotopic (exact) mass is 324 g/mol. The zero-order valence-corrected chi connectivity index (χ0v) is 11.4. The van der Waals surface area contributed by atoms with Crippen LogP contribution in [0.1, 0.15) is 5.56 Å². The highest BCUT2D eigenvalue weighted by atomic mass is 79.9. The highest BCUT2D eigenvalue weighted by molar-refractivity contribution is 9.10. The van der Waals surface area contributed by atoms with Gasteiger partial charge in [0.1, 0.15) is 5.82 Å². The molecule has 0 aliphatic heterocycles. The van der Waals surface area contributed by atoms with Crippen molar-refractivity contribution in [2.24, 2.45) is 0 Å². The van der Waals surface area contributed by atoms with Crippen LogP contribution < -0.4 is 10.5 Å². The first-order chi connectivity index (χ1) is 8.97. The highest BCUT2D eigenvalue weighted by Crippen LogP contribution is 2.36. The molecule has 1 aromatic carbocycles. The fourth-order valence-electron chi connectivity index (χ4n) is 1.48. The molecule has 0 bridgehead atoms. The summed E-state index contributed by atoms with van der Waals surface area (Å²) < 4.78 is 5.97. The van der Waals surface area contributed by atoms with Crippen molar-refractivity contribution >= 4 is 27.4 Å². The van der Waals surface area contributed by atoms with Crippen LogP contribution in [0.5, 0.6) is 11.8 Å². The van der Waals surface area contributed by atoms with E-state index in [4.69, 9.17) is 10.5 Å². The predicted octanol–water partition coefficient (Wildman–Crippen LogP) is 2.83. The Morgan fingerprint density at radius 1 is 1.47 bits per heavy atom. The summed E-state index contributed by atoms with van der Waals surface area (Å²) in [6.45, 7) is 1.69. The fraction of sp³-hybridized carbons (Fsp3) is 0.0909. The SMILES string of the molecule is Cc1cc(Br)cc([N+](=O)[O-])c1Oc1nccc(N)n1. The molecule has 19 heavy (non-hydrogen) atoms. The van der Waals surface area contributed by atoms with E-state index >= 15 is 0 Å². The predicted molar refractivity (Wildman–Crippen MR) is 72.1 cm³/mol. The number of hydrogen-bond acceptors (Lipinski definition) is 6. The van der Waals surface area contributed by atoms with Crippen molar-refractivity contribution in [3.05, 3.63) is 44.5 Å². The van der Waals surface area contributed by atoms with Gasteiger partial charge >= 0.3 is 11.7 Å². The van der Waals surface area contributed by atoms with Crippen molar-refractivity contribution in [3.8, 4) is 11.8 Å². The van der Waals surface area contributed by atoms with Crippen LogP contribution in [0.15, 0.2) is 28.9 Å². The lowest BCUT2D eigenvalue weighted by molar-refractivity contribution is -0.385. The van der Waals surface area contributed by atoms with Gasteiger partial charge in [0.25, 0.3) is 0 Å². The minimum atomic E-state index is -0.528. The molecule has 7 nitrogen and oxygen atoms in total. The number of anilines is 1. The summed E-state index contributed by atoms with van der Waals surface area (Å²) in [5.41, 5.74) is 5.92. The van der Waals surface area contributed by atoms with Crippen LogP contribution in [-0.2, 0) is 0 Å². The molecule has 98 valence electrons. The summed E-state index contributed by atoms with van der Waals surface area (Å²) in [6, 6.07) is 4.52. The number of aryl methyl sites for hydroxylation is 1. The van der Waals surface area contributed by atoms with Crippen LogP contribution in [0.3, 0.4) is 0 Å².